The number of aliphatic imine (C=N–C) groups is 1. The van der Waals surface area contributed by atoms with Gasteiger partial charge in [-0.15, -0.1) is 0 Å². The number of benzene rings is 6. The van der Waals surface area contributed by atoms with Gasteiger partial charge in [0.1, 0.15) is 80.5 Å². The van der Waals surface area contributed by atoms with E-state index in [0.29, 0.717) is 141 Å². The van der Waals surface area contributed by atoms with Gasteiger partial charge in [-0.3, -0.25) is 30.2 Å². The number of halogens is 4. The van der Waals surface area contributed by atoms with E-state index in [1.165, 1.54) is 68.7 Å². The summed E-state index contributed by atoms with van der Waals surface area (Å²) in [5.41, 5.74) is 7.99. The molecule has 0 saturated heterocycles. The highest BCUT2D eigenvalue weighted by Crippen LogP contribution is 2.48. The van der Waals surface area contributed by atoms with Crippen LogP contribution >= 0.6 is 0 Å². The number of sulfonamides is 2. The highest BCUT2D eigenvalue weighted by atomic mass is 32.2. The summed E-state index contributed by atoms with van der Waals surface area (Å²) in [6.45, 7) is 3.77. The Morgan fingerprint density at radius 3 is 1.50 bits per heavy atom. The van der Waals surface area contributed by atoms with Crippen LogP contribution in [0.2, 0.25) is 0 Å². The molecule has 2 aliphatic heterocycles. The Morgan fingerprint density at radius 2 is 1.04 bits per heavy atom. The molecule has 0 bridgehead atoms. The molecule has 9 heterocycles. The average molecular weight is 1340 g/mol. The topological polar surface area (TPSA) is 281 Å². The number of nitrogens with one attached hydrogen (secondary N) is 1. The molecule has 5 N–H and O–H groups in total. The Labute approximate surface area is 545 Å². The zero-order valence-corrected chi connectivity index (χ0v) is 54.0. The zero-order valence-electron chi connectivity index (χ0n) is 52.4. The van der Waals surface area contributed by atoms with Crippen molar-refractivity contribution >= 4 is 86.9 Å². The predicted molar refractivity (Wildman–Crippen MR) is 359 cm³/mol. The quantitative estimate of drug-likeness (QED) is 0.0377. The minimum atomic E-state index is -3.79. The first-order valence-corrected chi connectivity index (χ1v) is 33.0. The van der Waals surface area contributed by atoms with Crippen LogP contribution in [-0.4, -0.2) is 108 Å². The molecular weight excluding hydrogens is 1280 g/mol. The van der Waals surface area contributed by atoms with Crippen LogP contribution in [0.5, 0.6) is 11.5 Å². The lowest BCUT2D eigenvalue weighted by Crippen LogP contribution is -2.25. The summed E-state index contributed by atoms with van der Waals surface area (Å²) in [5.74, 6) is 8.69. The number of hydrogen-bond donors (Lipinski definition) is 3. The molecule has 0 unspecified atom stereocenters. The second-order valence-corrected chi connectivity index (χ2v) is 26.8. The van der Waals surface area contributed by atoms with Gasteiger partial charge < -0.3 is 32.3 Å². The third kappa shape index (κ3) is 11.3. The van der Waals surface area contributed by atoms with E-state index < -0.39 is 37.6 Å². The number of ether oxygens (including phenoxy) is 2. The molecule has 0 spiro atoms. The maximum Gasteiger partial charge on any atom is 0.283 e. The van der Waals surface area contributed by atoms with Gasteiger partial charge in [0.15, 0.2) is 19.3 Å². The second-order valence-electron chi connectivity index (χ2n) is 22.8. The Kier molecular flexibility index (Phi) is 16.1. The van der Waals surface area contributed by atoms with Crippen LogP contribution in [0.15, 0.2) is 159 Å². The summed E-state index contributed by atoms with van der Waals surface area (Å²) in [6.07, 6.45) is 2.18. The molecule has 13 aromatic rings. The summed E-state index contributed by atoms with van der Waals surface area (Å²) in [7, 11) is -1.15. The normalized spacial score (nSPS) is 12.6. The van der Waals surface area contributed by atoms with Crippen molar-refractivity contribution in [3.63, 3.8) is 0 Å². The molecule has 1 amide bonds. The van der Waals surface area contributed by atoms with Crippen molar-refractivity contribution in [2.45, 2.75) is 27.3 Å². The molecule has 7 aromatic heterocycles. The third-order valence-electron chi connectivity index (χ3n) is 16.7. The number of fused-ring (bicyclic) bond motifs is 12. The third-order valence-corrected chi connectivity index (χ3v) is 19.1. The number of aryl methyl sites for hydroxylation is 1. The van der Waals surface area contributed by atoms with Gasteiger partial charge in [0.25, 0.3) is 5.91 Å². The molecule has 488 valence electrons. The molecule has 0 radical (unpaired) electrons. The number of aromatic amines is 1. The van der Waals surface area contributed by atoms with Crippen molar-refractivity contribution in [2.24, 2.45) is 16.7 Å². The second kappa shape index (κ2) is 24.3. The number of nitrogens with zero attached hydrogens (tertiary/aromatic N) is 10. The molecular formula is C68H57F4N13O9S2. The summed E-state index contributed by atoms with van der Waals surface area (Å²) < 4.78 is 139. The molecule has 0 saturated carbocycles. The van der Waals surface area contributed by atoms with Crippen molar-refractivity contribution in [1.82, 2.24) is 39.2 Å². The molecule has 2 aliphatic rings. The van der Waals surface area contributed by atoms with Crippen molar-refractivity contribution in [3.8, 4) is 90.8 Å². The fourth-order valence-corrected chi connectivity index (χ4v) is 12.6. The van der Waals surface area contributed by atoms with E-state index in [-0.39, 0.29) is 47.7 Å². The standard InChI is InChI=1S/C35H29F2N5O5S.C33H24F2N6O4S.H4N2/c1-19(40(2)3)38-35(43)32-24-15-23(28(41(4)48(5,44)45)17-31(24)47-34(32)20-9-11-21(36)12-10-20)26-13-14-30-33(39-26)29-16-22-25(37)7-6-8-27(22)42(29)18-46-30;1-17-36-33(39-38-17)30-22-13-21(26(40(2)46(3,42)43)15-29(22)45-32(30)18-7-9-19(34)10-8-18)24-11-12-28-31(37-24)27-14-20-23(35)5-4-6-25(20)41(27)16-44-28;1-2/h6-17H,18H2,1-5H3;4-15H,16H2,1-3H3,(H,36,38,39);1-2H2. The number of H-pyrrole nitrogens is 1. The highest BCUT2D eigenvalue weighted by molar-refractivity contribution is 7.92. The maximum atomic E-state index is 14.8. The number of aromatic nitrogens is 7. The number of pyridine rings is 2. The monoisotopic (exact) mass is 1340 g/mol. The van der Waals surface area contributed by atoms with Crippen LogP contribution in [0.1, 0.15) is 23.1 Å². The van der Waals surface area contributed by atoms with E-state index in [4.69, 9.17) is 28.3 Å². The van der Waals surface area contributed by atoms with Crippen LogP contribution in [-0.2, 0) is 33.5 Å². The lowest BCUT2D eigenvalue weighted by Gasteiger charge is -2.23. The first-order chi connectivity index (χ1) is 45.9. The van der Waals surface area contributed by atoms with E-state index >= 15 is 0 Å². The Hall–Kier alpha value is -11.2. The van der Waals surface area contributed by atoms with Crippen LogP contribution in [0.4, 0.5) is 28.9 Å². The summed E-state index contributed by atoms with van der Waals surface area (Å²) in [6, 6.07) is 38.0. The van der Waals surface area contributed by atoms with E-state index in [9.17, 15) is 39.2 Å². The Morgan fingerprint density at radius 1 is 0.583 bits per heavy atom. The van der Waals surface area contributed by atoms with E-state index in [0.717, 1.165) is 21.1 Å². The van der Waals surface area contributed by atoms with Gasteiger partial charge in [-0.1, -0.05) is 12.1 Å². The number of amides is 1. The lowest BCUT2D eigenvalue weighted by atomic mass is 10.0. The van der Waals surface area contributed by atoms with Gasteiger partial charge in [-0.05, 0) is 135 Å². The van der Waals surface area contributed by atoms with Gasteiger partial charge in [-0.2, -0.15) is 10.1 Å². The first-order valence-electron chi connectivity index (χ1n) is 29.3. The number of carbonyl (C=O) groups is 1. The van der Waals surface area contributed by atoms with E-state index in [1.807, 2.05) is 15.2 Å². The summed E-state index contributed by atoms with van der Waals surface area (Å²) in [5, 5.41) is 8.95. The van der Waals surface area contributed by atoms with Crippen molar-refractivity contribution in [2.75, 3.05) is 49.3 Å². The minimum absolute atomic E-state index is 0.115. The zero-order chi connectivity index (χ0) is 68.0. The minimum Gasteiger partial charge on any atom is -0.470 e. The highest BCUT2D eigenvalue weighted by Gasteiger charge is 2.32. The molecule has 0 aliphatic carbocycles. The number of furan rings is 2. The lowest BCUT2D eigenvalue weighted by molar-refractivity contribution is 0.100. The molecule has 96 heavy (non-hydrogen) atoms. The average Bonchev–Trinajstić information content (AvgIpc) is 1.64. The molecule has 22 nitrogen and oxygen atoms in total. The van der Waals surface area contributed by atoms with Gasteiger partial charge in [0, 0.05) is 84.1 Å². The van der Waals surface area contributed by atoms with E-state index in [1.54, 1.807) is 118 Å². The van der Waals surface area contributed by atoms with Gasteiger partial charge in [0.2, 0.25) is 20.0 Å². The van der Waals surface area contributed by atoms with Crippen LogP contribution in [0.3, 0.4) is 0 Å². The first kappa shape index (κ1) is 63.6. The van der Waals surface area contributed by atoms with Crippen molar-refractivity contribution in [1.29, 1.82) is 0 Å². The van der Waals surface area contributed by atoms with Crippen molar-refractivity contribution in [3.05, 3.63) is 180 Å². The number of nitrogens with two attached hydrogens (primary N) is 2. The molecule has 0 atom stereocenters. The smallest absolute Gasteiger partial charge is 0.283 e. The fourth-order valence-electron chi connectivity index (χ4n) is 11.6. The number of hydrazine groups is 1. The van der Waals surface area contributed by atoms with Gasteiger partial charge in [0.05, 0.1) is 68.8 Å². The summed E-state index contributed by atoms with van der Waals surface area (Å²) in [4.78, 5) is 34.2. The largest absolute Gasteiger partial charge is 0.470 e. The number of carbonyl (C=O) groups excluding carboxylic acids is 1. The van der Waals surface area contributed by atoms with Gasteiger partial charge >= 0.3 is 0 Å². The summed E-state index contributed by atoms with van der Waals surface area (Å²) >= 11 is 0. The molecule has 6 aromatic carbocycles. The number of rotatable bonds is 10. The Bertz CT molecular complexity index is 5590. The molecule has 28 heteroatoms. The van der Waals surface area contributed by atoms with Crippen LogP contribution in [0.25, 0.3) is 123 Å². The van der Waals surface area contributed by atoms with Crippen molar-refractivity contribution < 1.29 is 57.5 Å². The Balaban J connectivity index is 0.000000169. The number of amidine groups is 1. The fraction of sp³-hybridized carbons (Fsp3) is 0.147. The SMILES string of the molecule is CC(=NC(=O)c1c(-c2ccc(F)cc2)oc2cc(N(C)S(C)(=O)=O)c(-c3ccc4c(n3)-c3cc5c(F)cccc5n3CO4)cc12)N(C)C.Cc1n[nH]c(-c2c(-c3ccc(F)cc3)oc3cc(N(C)S(C)(=O)=O)c(-c4ccc5c(n4)-c4cc6c(F)cccc6n4CO5)cc23)n1.NN. The van der Waals surface area contributed by atoms with Crippen LogP contribution in [0, 0.1) is 30.2 Å². The maximum absolute atomic E-state index is 14.8. The van der Waals surface area contributed by atoms with Gasteiger partial charge in [-0.25, -0.2) is 49.3 Å². The van der Waals surface area contributed by atoms with Crippen LogP contribution < -0.4 is 29.8 Å². The number of anilines is 2. The van der Waals surface area contributed by atoms with E-state index in [2.05, 4.69) is 31.9 Å². The molecule has 15 rings (SSSR count). The number of hydrogen-bond acceptors (Lipinski definition) is 15. The molecule has 0 fully saturated rings. The predicted octanol–water partition coefficient (Wildman–Crippen LogP) is 12.6.